The molecule has 0 fully saturated rings. The molecule has 0 aromatic heterocycles. The number of hydrogen-bond acceptors (Lipinski definition) is 4. The second kappa shape index (κ2) is 12.0. The Balaban J connectivity index is 4.49. The molecule has 0 aliphatic rings. The average Bonchev–Trinajstić information content (AvgIpc) is 2.45. The van der Waals surface area contributed by atoms with Crippen molar-refractivity contribution < 1.29 is 16.8 Å². The lowest BCUT2D eigenvalue weighted by Crippen LogP contribution is -2.24. The highest BCUT2D eigenvalue weighted by molar-refractivity contribution is 7.81. The second-order valence-corrected chi connectivity index (χ2v) is 6.09. The molecule has 0 aliphatic heterocycles. The summed E-state index contributed by atoms with van der Waals surface area (Å²) in [6.07, 6.45) is 11.5. The molecule has 21 heavy (non-hydrogen) atoms. The zero-order valence-corrected chi connectivity index (χ0v) is 14.6. The van der Waals surface area contributed by atoms with Crippen molar-refractivity contribution in [1.29, 1.82) is 0 Å². The highest BCUT2D eigenvalue weighted by Crippen LogP contribution is 2.15. The Morgan fingerprint density at radius 1 is 0.762 bits per heavy atom. The lowest BCUT2D eigenvalue weighted by atomic mass is 10.2. The molecule has 124 valence electrons. The Bertz CT molecular complexity index is 367. The topological polar surface area (TPSA) is 52.6 Å². The van der Waals surface area contributed by atoms with Gasteiger partial charge in [-0.3, -0.25) is 0 Å². The summed E-state index contributed by atoms with van der Waals surface area (Å²) in [6, 6.07) is 0. The quantitative estimate of drug-likeness (QED) is 0.496. The third-order valence-corrected chi connectivity index (χ3v) is 4.04. The van der Waals surface area contributed by atoms with Crippen LogP contribution >= 0.6 is 0 Å². The zero-order chi connectivity index (χ0) is 16.1. The molecule has 2 unspecified atom stereocenters. The van der Waals surface area contributed by atoms with Crippen molar-refractivity contribution in [2.45, 2.75) is 78.4 Å². The molecule has 0 N–H and O–H groups in total. The molecule has 0 radical (unpaired) electrons. The van der Waals surface area contributed by atoms with Gasteiger partial charge in [-0.2, -0.15) is 8.42 Å². The maximum atomic E-state index is 11.9. The van der Waals surface area contributed by atoms with E-state index >= 15 is 0 Å². The fourth-order valence-corrected chi connectivity index (χ4v) is 2.87. The number of rotatable bonds is 12. The minimum Gasteiger partial charge on any atom is -0.245 e. The Morgan fingerprint density at radius 2 is 1.14 bits per heavy atom. The molecule has 0 rings (SSSR count). The van der Waals surface area contributed by atoms with Crippen LogP contribution < -0.4 is 0 Å². The van der Waals surface area contributed by atoms with Gasteiger partial charge in [-0.25, -0.2) is 8.37 Å². The average molecular weight is 318 g/mol. The molecule has 0 saturated heterocycles. The van der Waals surface area contributed by atoms with E-state index in [1.54, 1.807) is 0 Å². The normalized spacial score (nSPS) is 15.8. The standard InChI is InChI=1S/C16H30O4S/c1-5-9-11-13-15(7-3)19-21(17,18)20-16(8-4)14-12-10-6-2/h9-12,15-16H,5-8,13-14H2,1-4H3/b11-9+,12-10+. The third-order valence-electron chi connectivity index (χ3n) is 3.02. The minimum absolute atomic E-state index is 0.360. The molecule has 0 saturated carbocycles. The van der Waals surface area contributed by atoms with Crippen LogP contribution in [0, 0.1) is 0 Å². The Morgan fingerprint density at radius 3 is 1.43 bits per heavy atom. The van der Waals surface area contributed by atoms with Crippen molar-refractivity contribution in [3.05, 3.63) is 24.3 Å². The fraction of sp³-hybridized carbons (Fsp3) is 0.750. The Labute approximate surface area is 130 Å². The molecule has 0 bridgehead atoms. The SMILES string of the molecule is CC/C=C/CC(CC)OS(=O)(=O)OC(CC)C/C=C/CC. The lowest BCUT2D eigenvalue weighted by molar-refractivity contribution is 0.121. The summed E-state index contributed by atoms with van der Waals surface area (Å²) in [7, 11) is -3.95. The van der Waals surface area contributed by atoms with E-state index in [2.05, 4.69) is 0 Å². The van der Waals surface area contributed by atoms with Gasteiger partial charge in [-0.1, -0.05) is 52.0 Å². The number of allylic oxidation sites excluding steroid dienone is 2. The predicted molar refractivity (Wildman–Crippen MR) is 87.3 cm³/mol. The zero-order valence-electron chi connectivity index (χ0n) is 13.7. The van der Waals surface area contributed by atoms with Crippen molar-refractivity contribution in [1.82, 2.24) is 0 Å². The van der Waals surface area contributed by atoms with Gasteiger partial charge in [0.2, 0.25) is 0 Å². The van der Waals surface area contributed by atoms with Gasteiger partial charge in [0.15, 0.2) is 0 Å². The van der Waals surface area contributed by atoms with Gasteiger partial charge in [0.05, 0.1) is 12.2 Å². The first kappa shape index (κ1) is 20.3. The maximum Gasteiger partial charge on any atom is 0.400 e. The molecule has 2 atom stereocenters. The van der Waals surface area contributed by atoms with Crippen LogP contribution in [0.25, 0.3) is 0 Å². The molecule has 5 heteroatoms. The van der Waals surface area contributed by atoms with E-state index in [1.165, 1.54) is 0 Å². The summed E-state index contributed by atoms with van der Waals surface area (Å²) >= 11 is 0. The summed E-state index contributed by atoms with van der Waals surface area (Å²) in [5.41, 5.74) is 0. The highest BCUT2D eigenvalue weighted by Gasteiger charge is 2.22. The van der Waals surface area contributed by atoms with E-state index in [1.807, 2.05) is 52.0 Å². The van der Waals surface area contributed by atoms with E-state index in [-0.39, 0.29) is 12.2 Å². The first-order valence-electron chi connectivity index (χ1n) is 7.90. The van der Waals surface area contributed by atoms with Crippen LogP contribution in [0.5, 0.6) is 0 Å². The smallest absolute Gasteiger partial charge is 0.245 e. The first-order chi connectivity index (χ1) is 9.99. The first-order valence-corrected chi connectivity index (χ1v) is 9.23. The molecule has 0 aromatic carbocycles. The Kier molecular flexibility index (Phi) is 11.6. The van der Waals surface area contributed by atoms with Gasteiger partial charge in [0.1, 0.15) is 0 Å². The van der Waals surface area contributed by atoms with Gasteiger partial charge in [-0.15, -0.1) is 0 Å². The van der Waals surface area contributed by atoms with Crippen molar-refractivity contribution in [2.75, 3.05) is 0 Å². The molecule has 0 spiro atoms. The monoisotopic (exact) mass is 318 g/mol. The summed E-state index contributed by atoms with van der Waals surface area (Å²) in [5, 5.41) is 0. The predicted octanol–water partition coefficient (Wildman–Crippen LogP) is 4.53. The van der Waals surface area contributed by atoms with Crippen LogP contribution in [-0.4, -0.2) is 20.6 Å². The summed E-state index contributed by atoms with van der Waals surface area (Å²) in [5.74, 6) is 0. The fourth-order valence-electron chi connectivity index (χ4n) is 1.73. The van der Waals surface area contributed by atoms with E-state index in [4.69, 9.17) is 8.37 Å². The summed E-state index contributed by atoms with van der Waals surface area (Å²) in [4.78, 5) is 0. The van der Waals surface area contributed by atoms with Crippen molar-refractivity contribution in [2.24, 2.45) is 0 Å². The van der Waals surface area contributed by atoms with E-state index in [9.17, 15) is 8.42 Å². The largest absolute Gasteiger partial charge is 0.400 e. The van der Waals surface area contributed by atoms with Gasteiger partial charge >= 0.3 is 10.4 Å². The second-order valence-electron chi connectivity index (χ2n) is 4.89. The summed E-state index contributed by atoms with van der Waals surface area (Å²) < 4.78 is 34.2. The van der Waals surface area contributed by atoms with Crippen molar-refractivity contribution in [3.8, 4) is 0 Å². The van der Waals surface area contributed by atoms with Crippen LogP contribution in [0.4, 0.5) is 0 Å². The van der Waals surface area contributed by atoms with E-state index in [0.717, 1.165) is 12.8 Å². The van der Waals surface area contributed by atoms with Gasteiger partial charge in [0.25, 0.3) is 0 Å². The molecule has 0 aromatic rings. The number of hydrogen-bond donors (Lipinski definition) is 0. The lowest BCUT2D eigenvalue weighted by Gasteiger charge is -2.17. The van der Waals surface area contributed by atoms with Crippen LogP contribution in [0.2, 0.25) is 0 Å². The molecule has 0 aliphatic carbocycles. The van der Waals surface area contributed by atoms with E-state index < -0.39 is 10.4 Å². The van der Waals surface area contributed by atoms with Crippen LogP contribution in [0.3, 0.4) is 0 Å². The summed E-state index contributed by atoms with van der Waals surface area (Å²) in [6.45, 7) is 7.88. The molecule has 0 amide bonds. The highest BCUT2D eigenvalue weighted by atomic mass is 32.3. The molecular formula is C16H30O4S. The third kappa shape index (κ3) is 10.7. The molecule has 4 nitrogen and oxygen atoms in total. The van der Waals surface area contributed by atoms with Gasteiger partial charge in [0, 0.05) is 0 Å². The van der Waals surface area contributed by atoms with Gasteiger partial charge in [-0.05, 0) is 38.5 Å². The van der Waals surface area contributed by atoms with Crippen LogP contribution in [0.1, 0.15) is 66.2 Å². The van der Waals surface area contributed by atoms with E-state index in [0.29, 0.717) is 25.7 Å². The van der Waals surface area contributed by atoms with Gasteiger partial charge < -0.3 is 0 Å². The van der Waals surface area contributed by atoms with Crippen LogP contribution in [0.15, 0.2) is 24.3 Å². The van der Waals surface area contributed by atoms with Crippen molar-refractivity contribution in [3.63, 3.8) is 0 Å². The maximum absolute atomic E-state index is 11.9. The molecular weight excluding hydrogens is 288 g/mol. The van der Waals surface area contributed by atoms with Crippen molar-refractivity contribution >= 4 is 10.4 Å². The minimum atomic E-state index is -3.95. The Hall–Kier alpha value is -0.650. The van der Waals surface area contributed by atoms with Crippen LogP contribution in [-0.2, 0) is 18.8 Å². The molecule has 0 heterocycles.